The highest BCUT2D eigenvalue weighted by Crippen LogP contribution is 2.08. The molecule has 1 aromatic rings. The predicted molar refractivity (Wildman–Crippen MR) is 72.3 cm³/mol. The zero-order chi connectivity index (χ0) is 12.1. The SMILES string of the molecule is CC1CCC[NH+](CC#Cc2ccc(Cl)cc2)C1.[Cl-]. The second kappa shape index (κ2) is 7.69. The lowest BCUT2D eigenvalue weighted by Gasteiger charge is -2.26. The summed E-state index contributed by atoms with van der Waals surface area (Å²) in [5, 5.41) is 0.769. The second-order valence-corrected chi connectivity index (χ2v) is 5.37. The first-order chi connectivity index (χ1) is 8.24. The topological polar surface area (TPSA) is 4.44 Å². The van der Waals surface area contributed by atoms with Crippen LogP contribution in [-0.2, 0) is 0 Å². The fraction of sp³-hybridized carbons (Fsp3) is 0.467. The minimum atomic E-state index is 0. The van der Waals surface area contributed by atoms with Crippen molar-refractivity contribution in [2.24, 2.45) is 5.92 Å². The van der Waals surface area contributed by atoms with Crippen LogP contribution >= 0.6 is 11.6 Å². The molecule has 3 heteroatoms. The number of halogens is 2. The van der Waals surface area contributed by atoms with E-state index < -0.39 is 0 Å². The van der Waals surface area contributed by atoms with E-state index in [9.17, 15) is 0 Å². The number of piperidine rings is 1. The monoisotopic (exact) mass is 283 g/mol. The maximum atomic E-state index is 5.83. The van der Waals surface area contributed by atoms with Gasteiger partial charge in [0.05, 0.1) is 13.1 Å². The van der Waals surface area contributed by atoms with E-state index in [2.05, 4.69) is 18.8 Å². The van der Waals surface area contributed by atoms with Crippen LogP contribution in [-0.4, -0.2) is 19.6 Å². The average Bonchev–Trinajstić information content (AvgIpc) is 2.32. The molecule has 1 aromatic carbocycles. The number of hydrogen-bond donors (Lipinski definition) is 1. The Morgan fingerprint density at radius 3 is 2.72 bits per heavy atom. The quantitative estimate of drug-likeness (QED) is 0.632. The highest BCUT2D eigenvalue weighted by atomic mass is 35.5. The van der Waals surface area contributed by atoms with Gasteiger partial charge in [-0.1, -0.05) is 24.4 Å². The maximum Gasteiger partial charge on any atom is 0.139 e. The van der Waals surface area contributed by atoms with Crippen LogP contribution in [0.25, 0.3) is 0 Å². The van der Waals surface area contributed by atoms with Crippen molar-refractivity contribution < 1.29 is 17.3 Å². The van der Waals surface area contributed by atoms with E-state index in [-0.39, 0.29) is 12.4 Å². The van der Waals surface area contributed by atoms with Crippen molar-refractivity contribution in [2.75, 3.05) is 19.6 Å². The molecule has 0 aliphatic carbocycles. The van der Waals surface area contributed by atoms with E-state index in [1.54, 1.807) is 4.90 Å². The molecule has 1 heterocycles. The Bertz CT molecular complexity index is 416. The Morgan fingerprint density at radius 2 is 2.06 bits per heavy atom. The molecular formula is C15H19Cl2N. The Kier molecular flexibility index (Phi) is 6.57. The third kappa shape index (κ3) is 4.90. The summed E-state index contributed by atoms with van der Waals surface area (Å²) < 4.78 is 0. The fourth-order valence-corrected chi connectivity index (χ4v) is 2.49. The van der Waals surface area contributed by atoms with Crippen LogP contribution in [0.15, 0.2) is 24.3 Å². The number of benzene rings is 1. The van der Waals surface area contributed by atoms with Gasteiger partial charge in [-0.2, -0.15) is 0 Å². The lowest BCUT2D eigenvalue weighted by Crippen LogP contribution is -3.13. The van der Waals surface area contributed by atoms with Gasteiger partial charge in [-0.25, -0.2) is 0 Å². The molecule has 0 aromatic heterocycles. The smallest absolute Gasteiger partial charge is 0.139 e. The first kappa shape index (κ1) is 15.4. The summed E-state index contributed by atoms with van der Waals surface area (Å²) in [5.41, 5.74) is 1.05. The van der Waals surface area contributed by atoms with Gasteiger partial charge < -0.3 is 17.3 Å². The van der Waals surface area contributed by atoms with E-state index in [4.69, 9.17) is 11.6 Å². The normalized spacial score (nSPS) is 22.6. The van der Waals surface area contributed by atoms with Gasteiger partial charge >= 0.3 is 0 Å². The average molecular weight is 284 g/mol. The summed E-state index contributed by atoms with van der Waals surface area (Å²) in [6, 6.07) is 7.73. The summed E-state index contributed by atoms with van der Waals surface area (Å²) in [6.07, 6.45) is 2.73. The zero-order valence-electron chi connectivity index (χ0n) is 10.7. The van der Waals surface area contributed by atoms with Gasteiger partial charge in [0.2, 0.25) is 0 Å². The zero-order valence-corrected chi connectivity index (χ0v) is 12.2. The van der Waals surface area contributed by atoms with Crippen LogP contribution in [0.3, 0.4) is 0 Å². The Balaban J connectivity index is 0.00000162. The maximum absolute atomic E-state index is 5.83. The van der Waals surface area contributed by atoms with Gasteiger partial charge in [-0.3, -0.25) is 0 Å². The van der Waals surface area contributed by atoms with Crippen LogP contribution < -0.4 is 17.3 Å². The molecule has 0 radical (unpaired) electrons. The molecule has 2 unspecified atom stereocenters. The standard InChI is InChI=1S/C15H18ClN.ClH/c1-13-4-2-10-17(12-13)11-3-5-14-6-8-15(16)9-7-14;/h6-9,13H,2,4,10-12H2,1H3;1H. The van der Waals surface area contributed by atoms with Crippen LogP contribution in [0.5, 0.6) is 0 Å². The number of hydrogen-bond acceptors (Lipinski definition) is 0. The molecular weight excluding hydrogens is 265 g/mol. The fourth-order valence-electron chi connectivity index (χ4n) is 2.36. The first-order valence-corrected chi connectivity index (χ1v) is 6.70. The van der Waals surface area contributed by atoms with E-state index in [0.717, 1.165) is 23.0 Å². The highest BCUT2D eigenvalue weighted by molar-refractivity contribution is 6.30. The third-order valence-corrected chi connectivity index (χ3v) is 3.53. The Labute approximate surface area is 121 Å². The summed E-state index contributed by atoms with van der Waals surface area (Å²) in [4.78, 5) is 1.63. The van der Waals surface area contributed by atoms with E-state index in [1.165, 1.54) is 25.9 Å². The van der Waals surface area contributed by atoms with Crippen LogP contribution in [0.1, 0.15) is 25.3 Å². The minimum Gasteiger partial charge on any atom is -1.00 e. The molecule has 2 rings (SSSR count). The van der Waals surface area contributed by atoms with E-state index in [0.29, 0.717) is 0 Å². The van der Waals surface area contributed by atoms with Gasteiger partial charge in [-0.05, 0) is 43.0 Å². The lowest BCUT2D eigenvalue weighted by molar-refractivity contribution is -0.901. The molecule has 18 heavy (non-hydrogen) atoms. The van der Waals surface area contributed by atoms with Gasteiger partial charge in [0, 0.05) is 16.5 Å². The van der Waals surface area contributed by atoms with Crippen LogP contribution in [0.4, 0.5) is 0 Å². The molecule has 1 aliphatic heterocycles. The van der Waals surface area contributed by atoms with Gasteiger partial charge in [0.15, 0.2) is 0 Å². The number of quaternary nitrogens is 1. The third-order valence-electron chi connectivity index (χ3n) is 3.28. The first-order valence-electron chi connectivity index (χ1n) is 6.32. The van der Waals surface area contributed by atoms with Gasteiger partial charge in [0.25, 0.3) is 0 Å². The number of rotatable bonds is 1. The van der Waals surface area contributed by atoms with Crippen molar-refractivity contribution in [1.82, 2.24) is 0 Å². The molecule has 1 fully saturated rings. The Hall–Kier alpha value is -0.680. The second-order valence-electron chi connectivity index (χ2n) is 4.94. The summed E-state index contributed by atoms with van der Waals surface area (Å²) in [5.74, 6) is 7.34. The lowest BCUT2D eigenvalue weighted by atomic mass is 10.0. The largest absolute Gasteiger partial charge is 1.00 e. The summed E-state index contributed by atoms with van der Waals surface area (Å²) in [6.45, 7) is 5.85. The predicted octanol–water partition coefficient (Wildman–Crippen LogP) is -0.990. The minimum absolute atomic E-state index is 0. The Morgan fingerprint density at radius 1 is 1.33 bits per heavy atom. The number of likely N-dealkylation sites (tertiary alicyclic amines) is 1. The molecule has 98 valence electrons. The van der Waals surface area contributed by atoms with Crippen molar-refractivity contribution in [3.63, 3.8) is 0 Å². The van der Waals surface area contributed by atoms with Crippen molar-refractivity contribution in [1.29, 1.82) is 0 Å². The molecule has 0 bridgehead atoms. The molecule has 2 atom stereocenters. The van der Waals surface area contributed by atoms with E-state index in [1.807, 2.05) is 24.3 Å². The van der Waals surface area contributed by atoms with Gasteiger partial charge in [0.1, 0.15) is 6.54 Å². The molecule has 1 nitrogen and oxygen atoms in total. The molecule has 0 spiro atoms. The summed E-state index contributed by atoms with van der Waals surface area (Å²) >= 11 is 5.83. The molecule has 1 N–H and O–H groups in total. The van der Waals surface area contributed by atoms with Crippen molar-refractivity contribution in [3.05, 3.63) is 34.9 Å². The van der Waals surface area contributed by atoms with Crippen molar-refractivity contribution in [2.45, 2.75) is 19.8 Å². The number of nitrogens with one attached hydrogen (secondary N) is 1. The molecule has 1 saturated heterocycles. The van der Waals surface area contributed by atoms with Crippen molar-refractivity contribution in [3.8, 4) is 11.8 Å². The van der Waals surface area contributed by atoms with Gasteiger partial charge in [-0.15, -0.1) is 0 Å². The molecule has 1 aliphatic rings. The molecule has 0 saturated carbocycles. The van der Waals surface area contributed by atoms with Crippen LogP contribution in [0.2, 0.25) is 5.02 Å². The van der Waals surface area contributed by atoms with E-state index >= 15 is 0 Å². The summed E-state index contributed by atoms with van der Waals surface area (Å²) in [7, 11) is 0. The van der Waals surface area contributed by atoms with Crippen LogP contribution in [0, 0.1) is 17.8 Å². The highest BCUT2D eigenvalue weighted by Gasteiger charge is 2.17. The van der Waals surface area contributed by atoms with Crippen molar-refractivity contribution >= 4 is 11.6 Å². The molecule has 0 amide bonds.